The van der Waals surface area contributed by atoms with E-state index in [-0.39, 0.29) is 0 Å². The molecule has 0 bridgehead atoms. The fourth-order valence-corrected chi connectivity index (χ4v) is 2.47. The van der Waals surface area contributed by atoms with Crippen molar-refractivity contribution in [1.29, 1.82) is 0 Å². The van der Waals surface area contributed by atoms with Crippen LogP contribution in [-0.4, -0.2) is 12.2 Å². The predicted molar refractivity (Wildman–Crippen MR) is 82.0 cm³/mol. The molecule has 0 radical (unpaired) electrons. The molecule has 0 unspecified atom stereocenters. The number of hydrogen-bond donors (Lipinski definition) is 0. The second kappa shape index (κ2) is 5.00. The standard InChI is InChI=1S/C17H18N2O/c1-12-17(13(2)20-18-12)11-19(3)16-9-8-14-6-4-5-7-15(14)10-16/h4-10H,11H2,1-3H3. The van der Waals surface area contributed by atoms with Gasteiger partial charge in [0, 0.05) is 24.8 Å². The number of fused-ring (bicyclic) bond motifs is 1. The zero-order chi connectivity index (χ0) is 14.1. The number of rotatable bonds is 3. The van der Waals surface area contributed by atoms with Gasteiger partial charge in [0.2, 0.25) is 0 Å². The third-order valence-corrected chi connectivity index (χ3v) is 3.75. The summed E-state index contributed by atoms with van der Waals surface area (Å²) in [4.78, 5) is 2.22. The highest BCUT2D eigenvalue weighted by atomic mass is 16.5. The summed E-state index contributed by atoms with van der Waals surface area (Å²) in [6, 6.07) is 14.9. The number of aryl methyl sites for hydroxylation is 2. The quantitative estimate of drug-likeness (QED) is 0.715. The normalized spacial score (nSPS) is 10.9. The lowest BCUT2D eigenvalue weighted by atomic mass is 10.1. The molecule has 3 rings (SSSR count). The van der Waals surface area contributed by atoms with Gasteiger partial charge < -0.3 is 9.42 Å². The average Bonchev–Trinajstić information content (AvgIpc) is 2.78. The largest absolute Gasteiger partial charge is 0.370 e. The van der Waals surface area contributed by atoms with Crippen LogP contribution < -0.4 is 4.90 Å². The summed E-state index contributed by atoms with van der Waals surface area (Å²) < 4.78 is 5.23. The molecule has 0 atom stereocenters. The van der Waals surface area contributed by atoms with Crippen molar-refractivity contribution in [2.45, 2.75) is 20.4 Å². The van der Waals surface area contributed by atoms with E-state index in [9.17, 15) is 0 Å². The Kier molecular flexibility index (Phi) is 3.18. The molecule has 3 heteroatoms. The average molecular weight is 266 g/mol. The summed E-state index contributed by atoms with van der Waals surface area (Å²) in [7, 11) is 2.09. The Morgan fingerprint density at radius 2 is 1.80 bits per heavy atom. The Bertz CT molecular complexity index is 726. The zero-order valence-corrected chi connectivity index (χ0v) is 12.1. The lowest BCUT2D eigenvalue weighted by Gasteiger charge is -2.19. The summed E-state index contributed by atoms with van der Waals surface area (Å²) in [6.45, 7) is 4.75. The Hall–Kier alpha value is -2.29. The third kappa shape index (κ3) is 2.27. The fraction of sp³-hybridized carbons (Fsp3) is 0.235. The second-order valence-electron chi connectivity index (χ2n) is 5.19. The van der Waals surface area contributed by atoms with Crippen LogP contribution in [0.4, 0.5) is 5.69 Å². The van der Waals surface area contributed by atoms with Crippen molar-refractivity contribution in [2.75, 3.05) is 11.9 Å². The van der Waals surface area contributed by atoms with Crippen molar-refractivity contribution < 1.29 is 4.52 Å². The SMILES string of the molecule is Cc1noc(C)c1CN(C)c1ccc2ccccc2c1. The van der Waals surface area contributed by atoms with E-state index in [1.165, 1.54) is 22.0 Å². The maximum absolute atomic E-state index is 5.23. The number of hydrogen-bond acceptors (Lipinski definition) is 3. The third-order valence-electron chi connectivity index (χ3n) is 3.75. The molecule has 0 saturated heterocycles. The molecule has 0 aliphatic heterocycles. The molecule has 1 aromatic heterocycles. The van der Waals surface area contributed by atoms with E-state index in [1.807, 2.05) is 13.8 Å². The van der Waals surface area contributed by atoms with Crippen molar-refractivity contribution >= 4 is 16.5 Å². The van der Waals surface area contributed by atoms with E-state index >= 15 is 0 Å². The van der Waals surface area contributed by atoms with Gasteiger partial charge in [0.25, 0.3) is 0 Å². The monoisotopic (exact) mass is 266 g/mol. The molecule has 0 fully saturated rings. The van der Waals surface area contributed by atoms with E-state index in [0.717, 1.165) is 18.0 Å². The van der Waals surface area contributed by atoms with E-state index in [2.05, 4.69) is 59.6 Å². The first kappa shape index (κ1) is 12.7. The molecule has 20 heavy (non-hydrogen) atoms. The first-order chi connectivity index (χ1) is 9.65. The predicted octanol–water partition coefficient (Wildman–Crippen LogP) is 4.08. The van der Waals surface area contributed by atoms with Gasteiger partial charge in [0.05, 0.1) is 5.69 Å². The highest BCUT2D eigenvalue weighted by Gasteiger charge is 2.12. The van der Waals surface area contributed by atoms with E-state index < -0.39 is 0 Å². The van der Waals surface area contributed by atoms with Gasteiger partial charge in [-0.25, -0.2) is 0 Å². The molecule has 3 aromatic rings. The first-order valence-corrected chi connectivity index (χ1v) is 6.77. The Morgan fingerprint density at radius 3 is 2.50 bits per heavy atom. The molecule has 1 heterocycles. The minimum Gasteiger partial charge on any atom is -0.370 e. The zero-order valence-electron chi connectivity index (χ0n) is 12.1. The fourth-order valence-electron chi connectivity index (χ4n) is 2.47. The summed E-state index contributed by atoms with van der Waals surface area (Å²) in [6.07, 6.45) is 0. The molecule has 0 saturated carbocycles. The van der Waals surface area contributed by atoms with Crippen LogP contribution in [0.1, 0.15) is 17.0 Å². The number of anilines is 1. The summed E-state index contributed by atoms with van der Waals surface area (Å²) in [5, 5.41) is 6.54. The Balaban J connectivity index is 1.90. The van der Waals surface area contributed by atoms with Crippen LogP contribution in [0.5, 0.6) is 0 Å². The molecule has 3 nitrogen and oxygen atoms in total. The smallest absolute Gasteiger partial charge is 0.138 e. The van der Waals surface area contributed by atoms with E-state index in [0.29, 0.717) is 0 Å². The van der Waals surface area contributed by atoms with Crippen LogP contribution in [0.2, 0.25) is 0 Å². The first-order valence-electron chi connectivity index (χ1n) is 6.77. The molecule has 0 spiro atoms. The summed E-state index contributed by atoms with van der Waals surface area (Å²) in [5.41, 5.74) is 3.33. The molecule has 0 N–H and O–H groups in total. The van der Waals surface area contributed by atoms with Crippen LogP contribution in [0.3, 0.4) is 0 Å². The maximum atomic E-state index is 5.23. The van der Waals surface area contributed by atoms with Gasteiger partial charge in [0.1, 0.15) is 5.76 Å². The van der Waals surface area contributed by atoms with E-state index in [1.54, 1.807) is 0 Å². The lowest BCUT2D eigenvalue weighted by Crippen LogP contribution is -2.17. The Morgan fingerprint density at radius 1 is 1.05 bits per heavy atom. The van der Waals surface area contributed by atoms with Crippen LogP contribution in [0.25, 0.3) is 10.8 Å². The molecular weight excluding hydrogens is 248 g/mol. The van der Waals surface area contributed by atoms with Crippen molar-refractivity contribution in [3.8, 4) is 0 Å². The molecular formula is C17H18N2O. The molecule has 2 aromatic carbocycles. The lowest BCUT2D eigenvalue weighted by molar-refractivity contribution is 0.392. The van der Waals surface area contributed by atoms with Crippen LogP contribution >= 0.6 is 0 Å². The summed E-state index contributed by atoms with van der Waals surface area (Å²) in [5.74, 6) is 0.898. The minimum absolute atomic E-state index is 0.805. The van der Waals surface area contributed by atoms with E-state index in [4.69, 9.17) is 4.52 Å². The molecule has 0 aliphatic rings. The molecule has 0 aliphatic carbocycles. The van der Waals surface area contributed by atoms with Gasteiger partial charge >= 0.3 is 0 Å². The summed E-state index contributed by atoms with van der Waals surface area (Å²) >= 11 is 0. The van der Waals surface area contributed by atoms with Gasteiger partial charge in [-0.2, -0.15) is 0 Å². The number of aromatic nitrogens is 1. The van der Waals surface area contributed by atoms with Crippen molar-refractivity contribution in [3.05, 3.63) is 59.5 Å². The van der Waals surface area contributed by atoms with Gasteiger partial charge in [-0.05, 0) is 36.8 Å². The highest BCUT2D eigenvalue weighted by molar-refractivity contribution is 5.85. The van der Waals surface area contributed by atoms with Gasteiger partial charge in [-0.15, -0.1) is 0 Å². The van der Waals surface area contributed by atoms with Crippen LogP contribution in [-0.2, 0) is 6.54 Å². The van der Waals surface area contributed by atoms with Crippen LogP contribution in [0, 0.1) is 13.8 Å². The molecule has 102 valence electrons. The van der Waals surface area contributed by atoms with Crippen molar-refractivity contribution in [2.24, 2.45) is 0 Å². The number of benzene rings is 2. The second-order valence-corrected chi connectivity index (χ2v) is 5.19. The van der Waals surface area contributed by atoms with Crippen molar-refractivity contribution in [3.63, 3.8) is 0 Å². The number of nitrogens with zero attached hydrogens (tertiary/aromatic N) is 2. The molecule has 0 amide bonds. The minimum atomic E-state index is 0.805. The van der Waals surface area contributed by atoms with Gasteiger partial charge in [0.15, 0.2) is 0 Å². The van der Waals surface area contributed by atoms with Gasteiger partial charge in [-0.1, -0.05) is 35.5 Å². The maximum Gasteiger partial charge on any atom is 0.138 e. The van der Waals surface area contributed by atoms with Gasteiger partial charge in [-0.3, -0.25) is 0 Å². The topological polar surface area (TPSA) is 29.3 Å². The Labute approximate surface area is 118 Å². The van der Waals surface area contributed by atoms with Crippen LogP contribution in [0.15, 0.2) is 47.0 Å². The van der Waals surface area contributed by atoms with Crippen molar-refractivity contribution in [1.82, 2.24) is 5.16 Å². The highest BCUT2D eigenvalue weighted by Crippen LogP contribution is 2.24.